The van der Waals surface area contributed by atoms with Crippen LogP contribution in [0.1, 0.15) is 5.56 Å². The Hall–Kier alpha value is -2.07. The van der Waals surface area contributed by atoms with E-state index in [0.29, 0.717) is 16.2 Å². The van der Waals surface area contributed by atoms with E-state index in [0.717, 1.165) is 6.08 Å². The number of halogens is 1. The number of esters is 2. The third-order valence-electron chi connectivity index (χ3n) is 2.52. The zero-order chi connectivity index (χ0) is 13.8. The van der Waals surface area contributed by atoms with Crippen molar-refractivity contribution < 1.29 is 19.1 Å². The van der Waals surface area contributed by atoms with Crippen LogP contribution < -0.4 is 0 Å². The molecular formula is C14H11ClO4. The van der Waals surface area contributed by atoms with Crippen molar-refractivity contribution >= 4 is 29.1 Å². The van der Waals surface area contributed by atoms with E-state index in [9.17, 15) is 9.59 Å². The van der Waals surface area contributed by atoms with E-state index in [4.69, 9.17) is 21.1 Å². The number of benzene rings is 1. The number of carbonyl (C=O) groups is 2. The van der Waals surface area contributed by atoms with E-state index in [2.05, 4.69) is 6.58 Å². The summed E-state index contributed by atoms with van der Waals surface area (Å²) >= 11 is 5.87. The highest BCUT2D eigenvalue weighted by molar-refractivity contribution is 6.31. The fourth-order valence-electron chi connectivity index (χ4n) is 1.66. The van der Waals surface area contributed by atoms with Gasteiger partial charge < -0.3 is 9.47 Å². The lowest BCUT2D eigenvalue weighted by molar-refractivity contribution is -0.147. The molecule has 0 N–H and O–H groups in total. The SMILES string of the molecule is C=CC(=O)OCC1C=C(c2cccc(Cl)c2)C(=O)O1. The second-order valence-corrected chi connectivity index (χ2v) is 4.31. The van der Waals surface area contributed by atoms with Crippen molar-refractivity contribution in [2.45, 2.75) is 6.10 Å². The van der Waals surface area contributed by atoms with Crippen LogP contribution in [0.3, 0.4) is 0 Å². The van der Waals surface area contributed by atoms with Crippen molar-refractivity contribution in [2.24, 2.45) is 0 Å². The maximum atomic E-state index is 11.7. The van der Waals surface area contributed by atoms with Crippen LogP contribution in [0.25, 0.3) is 5.57 Å². The molecule has 0 spiro atoms. The van der Waals surface area contributed by atoms with E-state index < -0.39 is 18.0 Å². The monoisotopic (exact) mass is 278 g/mol. The van der Waals surface area contributed by atoms with Gasteiger partial charge >= 0.3 is 11.9 Å². The first kappa shape index (κ1) is 13.4. The van der Waals surface area contributed by atoms with Crippen LogP contribution in [0, 0.1) is 0 Å². The van der Waals surface area contributed by atoms with Gasteiger partial charge in [0, 0.05) is 11.1 Å². The van der Waals surface area contributed by atoms with Crippen molar-refractivity contribution in [3.05, 3.63) is 53.6 Å². The van der Waals surface area contributed by atoms with Gasteiger partial charge in [-0.15, -0.1) is 0 Å². The van der Waals surface area contributed by atoms with E-state index in [1.54, 1.807) is 30.3 Å². The zero-order valence-electron chi connectivity index (χ0n) is 9.97. The molecule has 0 saturated carbocycles. The Labute approximate surface area is 115 Å². The maximum absolute atomic E-state index is 11.7. The molecule has 19 heavy (non-hydrogen) atoms. The lowest BCUT2D eigenvalue weighted by Gasteiger charge is -2.07. The van der Waals surface area contributed by atoms with Crippen molar-refractivity contribution in [1.82, 2.24) is 0 Å². The molecule has 0 fully saturated rings. The first-order valence-electron chi connectivity index (χ1n) is 5.58. The van der Waals surface area contributed by atoms with Gasteiger partial charge in [0.05, 0.1) is 5.57 Å². The van der Waals surface area contributed by atoms with E-state index in [1.165, 1.54) is 0 Å². The fourth-order valence-corrected chi connectivity index (χ4v) is 1.85. The average Bonchev–Trinajstić information content (AvgIpc) is 2.77. The standard InChI is InChI=1S/C14H11ClO4/c1-2-13(16)18-8-11-7-12(14(17)19-11)9-4-3-5-10(15)6-9/h2-7,11H,1,8H2. The summed E-state index contributed by atoms with van der Waals surface area (Å²) in [6, 6.07) is 6.90. The summed E-state index contributed by atoms with van der Waals surface area (Å²) in [5.74, 6) is -1.01. The molecule has 98 valence electrons. The molecule has 1 aromatic carbocycles. The fraction of sp³-hybridized carbons (Fsp3) is 0.143. The Kier molecular flexibility index (Phi) is 4.02. The highest BCUT2D eigenvalue weighted by Crippen LogP contribution is 2.26. The maximum Gasteiger partial charge on any atom is 0.339 e. The topological polar surface area (TPSA) is 52.6 Å². The number of cyclic esters (lactones) is 1. The molecule has 1 aliphatic heterocycles. The molecule has 4 nitrogen and oxygen atoms in total. The Balaban J connectivity index is 2.11. The van der Waals surface area contributed by atoms with Crippen LogP contribution >= 0.6 is 11.6 Å². The minimum absolute atomic E-state index is 0.0271. The molecule has 0 bridgehead atoms. The van der Waals surface area contributed by atoms with Gasteiger partial charge in [0.1, 0.15) is 6.61 Å². The lowest BCUT2D eigenvalue weighted by atomic mass is 10.1. The van der Waals surface area contributed by atoms with Crippen LogP contribution in [0.4, 0.5) is 0 Å². The predicted octanol–water partition coefficient (Wildman–Crippen LogP) is 2.38. The van der Waals surface area contributed by atoms with Crippen LogP contribution in [0.15, 0.2) is 43.0 Å². The van der Waals surface area contributed by atoms with Crippen molar-refractivity contribution in [1.29, 1.82) is 0 Å². The molecule has 0 saturated heterocycles. The average molecular weight is 279 g/mol. The van der Waals surface area contributed by atoms with Gasteiger partial charge in [-0.3, -0.25) is 0 Å². The zero-order valence-corrected chi connectivity index (χ0v) is 10.7. The van der Waals surface area contributed by atoms with Crippen molar-refractivity contribution in [3.8, 4) is 0 Å². The lowest BCUT2D eigenvalue weighted by Crippen LogP contribution is -2.17. The quantitative estimate of drug-likeness (QED) is 0.627. The van der Waals surface area contributed by atoms with Gasteiger partial charge in [0.25, 0.3) is 0 Å². The molecule has 0 aromatic heterocycles. The first-order valence-corrected chi connectivity index (χ1v) is 5.96. The highest BCUT2D eigenvalue weighted by atomic mass is 35.5. The van der Waals surface area contributed by atoms with Crippen LogP contribution in [-0.4, -0.2) is 24.6 Å². The molecule has 5 heteroatoms. The summed E-state index contributed by atoms with van der Waals surface area (Å²) in [5.41, 5.74) is 1.09. The molecule has 0 aliphatic carbocycles. The second-order valence-electron chi connectivity index (χ2n) is 3.87. The van der Waals surface area contributed by atoms with Gasteiger partial charge in [-0.1, -0.05) is 30.3 Å². The number of hydrogen-bond donors (Lipinski definition) is 0. The molecule has 1 aliphatic rings. The Morgan fingerprint density at radius 3 is 3.00 bits per heavy atom. The van der Waals surface area contributed by atoms with E-state index in [1.807, 2.05) is 0 Å². The Morgan fingerprint density at radius 2 is 2.32 bits per heavy atom. The third kappa shape index (κ3) is 3.23. The molecular weight excluding hydrogens is 268 g/mol. The predicted molar refractivity (Wildman–Crippen MR) is 70.5 cm³/mol. The smallest absolute Gasteiger partial charge is 0.339 e. The second kappa shape index (κ2) is 5.71. The van der Waals surface area contributed by atoms with Crippen LogP contribution in [0.2, 0.25) is 5.02 Å². The molecule has 1 heterocycles. The minimum atomic E-state index is -0.578. The summed E-state index contributed by atoms with van der Waals surface area (Å²) < 4.78 is 9.90. The summed E-state index contributed by atoms with van der Waals surface area (Å²) in [7, 11) is 0. The van der Waals surface area contributed by atoms with Gasteiger partial charge in [0.2, 0.25) is 0 Å². The summed E-state index contributed by atoms with van der Waals surface area (Å²) in [6.45, 7) is 3.25. The molecule has 1 aromatic rings. The number of carbonyl (C=O) groups excluding carboxylic acids is 2. The largest absolute Gasteiger partial charge is 0.458 e. The van der Waals surface area contributed by atoms with Crippen molar-refractivity contribution in [3.63, 3.8) is 0 Å². The van der Waals surface area contributed by atoms with Crippen molar-refractivity contribution in [2.75, 3.05) is 6.61 Å². The number of hydrogen-bond acceptors (Lipinski definition) is 4. The molecule has 0 radical (unpaired) electrons. The number of ether oxygens (including phenoxy) is 2. The van der Waals surface area contributed by atoms with Gasteiger partial charge in [-0.2, -0.15) is 0 Å². The Morgan fingerprint density at radius 1 is 1.53 bits per heavy atom. The Bertz CT molecular complexity index is 562. The molecule has 0 amide bonds. The summed E-state index contributed by atoms with van der Waals surface area (Å²) in [5, 5.41) is 0.535. The van der Waals surface area contributed by atoms with Gasteiger partial charge in [-0.05, 0) is 23.8 Å². The van der Waals surface area contributed by atoms with Gasteiger partial charge in [0.15, 0.2) is 6.10 Å². The highest BCUT2D eigenvalue weighted by Gasteiger charge is 2.27. The minimum Gasteiger partial charge on any atom is -0.458 e. The molecule has 2 rings (SSSR count). The summed E-state index contributed by atoms with van der Waals surface area (Å²) in [4.78, 5) is 22.6. The summed E-state index contributed by atoms with van der Waals surface area (Å²) in [6.07, 6.45) is 2.09. The number of rotatable bonds is 4. The molecule has 1 unspecified atom stereocenters. The first-order chi connectivity index (χ1) is 9.10. The van der Waals surface area contributed by atoms with E-state index >= 15 is 0 Å². The van der Waals surface area contributed by atoms with Gasteiger partial charge in [-0.25, -0.2) is 9.59 Å². The molecule has 1 atom stereocenters. The van der Waals surface area contributed by atoms with E-state index in [-0.39, 0.29) is 6.61 Å². The normalized spacial score (nSPS) is 17.6. The third-order valence-corrected chi connectivity index (χ3v) is 2.76. The van der Waals surface area contributed by atoms with Crippen LogP contribution in [0.5, 0.6) is 0 Å². The van der Waals surface area contributed by atoms with Crippen LogP contribution in [-0.2, 0) is 19.1 Å².